The number of nitrogens with zero attached hydrogens (tertiary/aromatic N) is 2. The number of hydrogen-bond acceptors (Lipinski definition) is 2. The van der Waals surface area contributed by atoms with Crippen LogP contribution in [-0.2, 0) is 13.5 Å². The number of carbonyl (C=O) groups excluding carboxylic acids is 1. The van der Waals surface area contributed by atoms with Crippen LogP contribution in [0.15, 0.2) is 60.7 Å². The lowest BCUT2D eigenvalue weighted by atomic mass is 9.87. The monoisotopic (exact) mass is 331 g/mol. The first-order valence-corrected chi connectivity index (χ1v) is 8.70. The second-order valence-electron chi connectivity index (χ2n) is 6.52. The van der Waals surface area contributed by atoms with Crippen LogP contribution in [0.1, 0.15) is 40.5 Å². The van der Waals surface area contributed by atoms with Crippen LogP contribution >= 0.6 is 0 Å². The molecule has 126 valence electrons. The van der Waals surface area contributed by atoms with E-state index in [1.807, 2.05) is 49.5 Å². The lowest BCUT2D eigenvalue weighted by Crippen LogP contribution is -2.32. The largest absolute Gasteiger partial charge is 0.344 e. The van der Waals surface area contributed by atoms with Gasteiger partial charge in [0.1, 0.15) is 5.69 Å². The van der Waals surface area contributed by atoms with Crippen LogP contribution in [-0.4, -0.2) is 15.7 Å². The Hall–Kier alpha value is -2.88. The molecule has 4 rings (SSSR count). The second kappa shape index (κ2) is 6.55. The van der Waals surface area contributed by atoms with Gasteiger partial charge in [-0.15, -0.1) is 0 Å². The number of carbonyl (C=O) groups is 1. The van der Waals surface area contributed by atoms with E-state index in [2.05, 4.69) is 28.6 Å². The second-order valence-corrected chi connectivity index (χ2v) is 6.52. The summed E-state index contributed by atoms with van der Waals surface area (Å²) in [6.45, 7) is 0. The molecule has 0 fully saturated rings. The first-order chi connectivity index (χ1) is 12.2. The van der Waals surface area contributed by atoms with Gasteiger partial charge in [0, 0.05) is 12.6 Å². The van der Waals surface area contributed by atoms with Crippen molar-refractivity contribution < 1.29 is 4.79 Å². The predicted molar refractivity (Wildman–Crippen MR) is 98.2 cm³/mol. The van der Waals surface area contributed by atoms with Crippen LogP contribution in [0.2, 0.25) is 0 Å². The summed E-state index contributed by atoms with van der Waals surface area (Å²) < 4.78 is 1.66. The van der Waals surface area contributed by atoms with Crippen molar-refractivity contribution in [3.05, 3.63) is 77.5 Å². The molecule has 4 nitrogen and oxygen atoms in total. The van der Waals surface area contributed by atoms with E-state index in [4.69, 9.17) is 0 Å². The zero-order valence-electron chi connectivity index (χ0n) is 14.3. The van der Waals surface area contributed by atoms with E-state index in [0.29, 0.717) is 5.69 Å². The van der Waals surface area contributed by atoms with E-state index in [-0.39, 0.29) is 11.9 Å². The highest BCUT2D eigenvalue weighted by atomic mass is 16.2. The molecule has 1 aliphatic carbocycles. The van der Waals surface area contributed by atoms with Crippen molar-refractivity contribution >= 4 is 5.91 Å². The molecular formula is C21H21N3O. The maximum absolute atomic E-state index is 12.8. The number of nitrogens with one attached hydrogen (secondary N) is 1. The highest BCUT2D eigenvalue weighted by Crippen LogP contribution is 2.29. The first-order valence-electron chi connectivity index (χ1n) is 8.70. The summed E-state index contributed by atoms with van der Waals surface area (Å²) >= 11 is 0. The van der Waals surface area contributed by atoms with Gasteiger partial charge >= 0.3 is 0 Å². The quantitative estimate of drug-likeness (QED) is 0.791. The molecule has 0 unspecified atom stereocenters. The van der Waals surface area contributed by atoms with E-state index in [9.17, 15) is 4.79 Å². The van der Waals surface area contributed by atoms with Crippen molar-refractivity contribution in [2.45, 2.75) is 25.3 Å². The number of aromatic nitrogens is 2. The molecule has 1 aromatic heterocycles. The SMILES string of the molecule is Cn1nc(-c2ccccc2)cc1C(=O)N[C@H]1CCCc2ccccc21. The van der Waals surface area contributed by atoms with Crippen molar-refractivity contribution in [3.8, 4) is 11.3 Å². The standard InChI is InChI=1S/C21H21N3O/c1-24-20(14-19(23-24)16-9-3-2-4-10-16)21(25)22-18-13-7-11-15-8-5-6-12-17(15)18/h2-6,8-10,12,14,18H,7,11,13H2,1H3,(H,22,25)/t18-/m0/s1. The summed E-state index contributed by atoms with van der Waals surface area (Å²) in [7, 11) is 1.82. The predicted octanol–water partition coefficient (Wildman–Crippen LogP) is 3.89. The third kappa shape index (κ3) is 3.07. The molecule has 1 heterocycles. The van der Waals surface area contributed by atoms with Crippen molar-refractivity contribution in [2.24, 2.45) is 7.05 Å². The summed E-state index contributed by atoms with van der Waals surface area (Å²) in [5.41, 5.74) is 5.00. The summed E-state index contributed by atoms with van der Waals surface area (Å²) in [4.78, 5) is 12.8. The normalized spacial score (nSPS) is 16.3. The van der Waals surface area contributed by atoms with Gasteiger partial charge in [0.25, 0.3) is 5.91 Å². The average molecular weight is 331 g/mol. The molecule has 0 radical (unpaired) electrons. The maximum atomic E-state index is 12.8. The highest BCUT2D eigenvalue weighted by molar-refractivity contribution is 5.94. The topological polar surface area (TPSA) is 46.9 Å². The zero-order valence-corrected chi connectivity index (χ0v) is 14.3. The Morgan fingerprint density at radius 3 is 2.72 bits per heavy atom. The molecule has 1 N–H and O–H groups in total. The van der Waals surface area contributed by atoms with E-state index in [1.54, 1.807) is 4.68 Å². The molecule has 1 aliphatic rings. The summed E-state index contributed by atoms with van der Waals surface area (Å²) in [5.74, 6) is -0.0705. The van der Waals surface area contributed by atoms with Gasteiger partial charge in [-0.3, -0.25) is 9.48 Å². The zero-order chi connectivity index (χ0) is 17.2. The minimum Gasteiger partial charge on any atom is -0.344 e. The number of rotatable bonds is 3. The molecule has 0 saturated heterocycles. The van der Waals surface area contributed by atoms with Crippen LogP contribution in [0.5, 0.6) is 0 Å². The fourth-order valence-corrected chi connectivity index (χ4v) is 3.57. The van der Waals surface area contributed by atoms with Gasteiger partial charge in [-0.1, -0.05) is 54.6 Å². The fourth-order valence-electron chi connectivity index (χ4n) is 3.57. The van der Waals surface area contributed by atoms with E-state index < -0.39 is 0 Å². The number of fused-ring (bicyclic) bond motifs is 1. The third-order valence-corrected chi connectivity index (χ3v) is 4.86. The van der Waals surface area contributed by atoms with Crippen molar-refractivity contribution in [2.75, 3.05) is 0 Å². The van der Waals surface area contributed by atoms with E-state index in [1.165, 1.54) is 11.1 Å². The Morgan fingerprint density at radius 2 is 1.88 bits per heavy atom. The minimum absolute atomic E-state index is 0.0705. The Balaban J connectivity index is 1.58. The molecule has 2 aromatic carbocycles. The van der Waals surface area contributed by atoms with Gasteiger partial charge < -0.3 is 5.32 Å². The molecule has 0 aliphatic heterocycles. The first kappa shape index (κ1) is 15.6. The Kier molecular flexibility index (Phi) is 4.10. The van der Waals surface area contributed by atoms with Gasteiger partial charge in [-0.05, 0) is 36.5 Å². The molecule has 1 atom stereocenters. The highest BCUT2D eigenvalue weighted by Gasteiger charge is 2.23. The van der Waals surface area contributed by atoms with Gasteiger partial charge in [0.2, 0.25) is 0 Å². The smallest absolute Gasteiger partial charge is 0.270 e. The molecule has 0 bridgehead atoms. The lowest BCUT2D eigenvalue weighted by molar-refractivity contribution is 0.0923. The van der Waals surface area contributed by atoms with Crippen LogP contribution in [0.25, 0.3) is 11.3 Å². The number of hydrogen-bond donors (Lipinski definition) is 1. The van der Waals surface area contributed by atoms with Crippen molar-refractivity contribution in [3.63, 3.8) is 0 Å². The minimum atomic E-state index is -0.0705. The van der Waals surface area contributed by atoms with E-state index >= 15 is 0 Å². The van der Waals surface area contributed by atoms with Crippen LogP contribution in [0, 0.1) is 0 Å². The van der Waals surface area contributed by atoms with Crippen LogP contribution in [0.4, 0.5) is 0 Å². The molecule has 4 heteroatoms. The molecule has 25 heavy (non-hydrogen) atoms. The van der Waals surface area contributed by atoms with Gasteiger partial charge in [-0.25, -0.2) is 0 Å². The van der Waals surface area contributed by atoms with Gasteiger partial charge in [0.15, 0.2) is 0 Å². The van der Waals surface area contributed by atoms with Crippen molar-refractivity contribution in [1.29, 1.82) is 0 Å². The average Bonchev–Trinajstić information content (AvgIpc) is 3.05. The number of aryl methyl sites for hydroxylation is 2. The Bertz CT molecular complexity index is 899. The molecule has 1 amide bonds. The Morgan fingerprint density at radius 1 is 1.12 bits per heavy atom. The summed E-state index contributed by atoms with van der Waals surface area (Å²) in [6, 6.07) is 20.3. The lowest BCUT2D eigenvalue weighted by Gasteiger charge is -2.26. The fraction of sp³-hybridized carbons (Fsp3) is 0.238. The van der Waals surface area contributed by atoms with Crippen LogP contribution in [0.3, 0.4) is 0 Å². The Labute approximate surface area is 147 Å². The van der Waals surface area contributed by atoms with Gasteiger partial charge in [0.05, 0.1) is 11.7 Å². The summed E-state index contributed by atoms with van der Waals surface area (Å²) in [6.07, 6.45) is 3.17. The van der Waals surface area contributed by atoms with Gasteiger partial charge in [-0.2, -0.15) is 5.10 Å². The molecule has 0 spiro atoms. The summed E-state index contributed by atoms with van der Waals surface area (Å²) in [5, 5.41) is 7.69. The van der Waals surface area contributed by atoms with Crippen molar-refractivity contribution in [1.82, 2.24) is 15.1 Å². The molecule has 3 aromatic rings. The van der Waals surface area contributed by atoms with Crippen LogP contribution < -0.4 is 5.32 Å². The number of amides is 1. The number of benzene rings is 2. The molecular weight excluding hydrogens is 310 g/mol. The maximum Gasteiger partial charge on any atom is 0.270 e. The molecule has 0 saturated carbocycles. The van der Waals surface area contributed by atoms with E-state index in [0.717, 1.165) is 30.5 Å². The third-order valence-electron chi connectivity index (χ3n) is 4.86.